The van der Waals surface area contributed by atoms with Crippen LogP contribution in [0.25, 0.3) is 0 Å². The summed E-state index contributed by atoms with van der Waals surface area (Å²) in [5.41, 5.74) is 7.54. The minimum absolute atomic E-state index is 0.168. The maximum absolute atomic E-state index is 12.6. The van der Waals surface area contributed by atoms with Crippen molar-refractivity contribution in [1.82, 2.24) is 4.90 Å². The van der Waals surface area contributed by atoms with Gasteiger partial charge < -0.3 is 15.4 Å². The monoisotopic (exact) mass is 290 g/mol. The molecular weight excluding hydrogens is 264 g/mol. The van der Waals surface area contributed by atoms with Gasteiger partial charge in [0.1, 0.15) is 0 Å². The molecular formula is C17H26N2O2. The number of para-hydroxylation sites is 1. The van der Waals surface area contributed by atoms with Gasteiger partial charge >= 0.3 is 0 Å². The average molecular weight is 290 g/mol. The Hall–Kier alpha value is -1.55. The van der Waals surface area contributed by atoms with Gasteiger partial charge in [-0.2, -0.15) is 0 Å². The van der Waals surface area contributed by atoms with Crippen molar-refractivity contribution in [1.29, 1.82) is 0 Å². The number of anilines is 1. The molecule has 0 radical (unpaired) electrons. The van der Waals surface area contributed by atoms with Crippen LogP contribution in [0.3, 0.4) is 0 Å². The molecule has 0 aliphatic heterocycles. The Morgan fingerprint density at radius 1 is 1.38 bits per heavy atom. The van der Waals surface area contributed by atoms with Crippen LogP contribution in [0.15, 0.2) is 24.3 Å². The third kappa shape index (κ3) is 3.76. The van der Waals surface area contributed by atoms with Crippen LogP contribution in [0.4, 0.5) is 5.69 Å². The number of nitrogens with two attached hydrogens (primary N) is 1. The maximum Gasteiger partial charge on any atom is 0.225 e. The number of methoxy groups -OCH3 is 1. The third-order valence-corrected chi connectivity index (χ3v) is 4.43. The summed E-state index contributed by atoms with van der Waals surface area (Å²) in [6, 6.07) is 7.75. The van der Waals surface area contributed by atoms with Crippen molar-refractivity contribution in [2.75, 3.05) is 19.4 Å². The summed E-state index contributed by atoms with van der Waals surface area (Å²) in [5, 5.41) is 0. The van der Waals surface area contributed by atoms with Crippen LogP contribution in [0, 0.1) is 0 Å². The van der Waals surface area contributed by atoms with E-state index in [0.717, 1.165) is 43.5 Å². The van der Waals surface area contributed by atoms with Crippen molar-refractivity contribution in [3.05, 3.63) is 29.8 Å². The molecule has 1 fully saturated rings. The summed E-state index contributed by atoms with van der Waals surface area (Å²) in [7, 11) is 1.71. The van der Waals surface area contributed by atoms with Crippen molar-refractivity contribution in [3.63, 3.8) is 0 Å². The van der Waals surface area contributed by atoms with Crippen LogP contribution >= 0.6 is 0 Å². The van der Waals surface area contributed by atoms with Gasteiger partial charge in [0.05, 0.1) is 12.0 Å². The lowest BCUT2D eigenvalue weighted by Gasteiger charge is -2.41. The van der Waals surface area contributed by atoms with Gasteiger partial charge in [0.2, 0.25) is 5.91 Å². The van der Waals surface area contributed by atoms with Crippen molar-refractivity contribution >= 4 is 11.6 Å². The number of nitrogens with zero attached hydrogens (tertiary/aromatic N) is 1. The molecule has 0 aromatic heterocycles. The lowest BCUT2D eigenvalue weighted by atomic mass is 9.77. The first-order valence-corrected chi connectivity index (χ1v) is 7.76. The summed E-state index contributed by atoms with van der Waals surface area (Å²) >= 11 is 0. The summed E-state index contributed by atoms with van der Waals surface area (Å²) < 4.78 is 5.57. The first-order valence-electron chi connectivity index (χ1n) is 7.76. The second kappa shape index (κ2) is 6.94. The molecule has 1 aromatic rings. The molecule has 1 aliphatic rings. The van der Waals surface area contributed by atoms with E-state index in [9.17, 15) is 4.79 Å². The standard InChI is InChI=1S/C17H26N2O2/c1-3-11-19(13-14-7-4-5-8-15(14)18)16(20)12-17(21-2)9-6-10-17/h4-5,7-8H,3,6,9-13,18H2,1-2H3. The summed E-state index contributed by atoms with van der Waals surface area (Å²) in [6.45, 7) is 3.43. The molecule has 1 aliphatic carbocycles. The fourth-order valence-electron chi connectivity index (χ4n) is 2.86. The smallest absolute Gasteiger partial charge is 0.225 e. The fourth-order valence-corrected chi connectivity index (χ4v) is 2.86. The predicted molar refractivity (Wildman–Crippen MR) is 84.8 cm³/mol. The van der Waals surface area contributed by atoms with Crippen LogP contribution in [0.5, 0.6) is 0 Å². The van der Waals surface area contributed by atoms with Crippen molar-refractivity contribution in [2.45, 2.75) is 51.2 Å². The van der Waals surface area contributed by atoms with Gasteiger partial charge in [0.25, 0.3) is 0 Å². The number of ether oxygens (including phenoxy) is 1. The third-order valence-electron chi connectivity index (χ3n) is 4.43. The van der Waals surface area contributed by atoms with Crippen LogP contribution in [0.2, 0.25) is 0 Å². The first-order chi connectivity index (χ1) is 10.1. The van der Waals surface area contributed by atoms with Gasteiger partial charge in [-0.25, -0.2) is 0 Å². The number of carbonyl (C=O) groups excluding carboxylic acids is 1. The Morgan fingerprint density at radius 2 is 2.10 bits per heavy atom. The Balaban J connectivity index is 2.04. The summed E-state index contributed by atoms with van der Waals surface area (Å²) in [4.78, 5) is 14.5. The number of carbonyl (C=O) groups is 1. The molecule has 0 saturated heterocycles. The van der Waals surface area contributed by atoms with Crippen LogP contribution < -0.4 is 5.73 Å². The molecule has 1 saturated carbocycles. The second-order valence-electron chi connectivity index (χ2n) is 5.93. The molecule has 0 unspecified atom stereocenters. The SMILES string of the molecule is CCCN(Cc1ccccc1N)C(=O)CC1(OC)CCC1. The van der Waals surface area contributed by atoms with E-state index in [1.807, 2.05) is 29.2 Å². The second-order valence-corrected chi connectivity index (χ2v) is 5.93. The molecule has 4 nitrogen and oxygen atoms in total. The van der Waals surface area contributed by atoms with E-state index in [0.29, 0.717) is 13.0 Å². The van der Waals surface area contributed by atoms with Gasteiger partial charge in [-0.1, -0.05) is 25.1 Å². The zero-order valence-corrected chi connectivity index (χ0v) is 13.1. The molecule has 0 bridgehead atoms. The molecule has 2 N–H and O–H groups in total. The van der Waals surface area contributed by atoms with Gasteiger partial charge in [0.15, 0.2) is 0 Å². The Bertz CT molecular complexity index is 478. The molecule has 0 atom stereocenters. The first kappa shape index (κ1) is 15.8. The van der Waals surface area contributed by atoms with Crippen LogP contribution in [0.1, 0.15) is 44.6 Å². The van der Waals surface area contributed by atoms with E-state index in [2.05, 4.69) is 6.92 Å². The van der Waals surface area contributed by atoms with Gasteiger partial charge in [-0.05, 0) is 37.3 Å². The molecule has 1 amide bonds. The summed E-state index contributed by atoms with van der Waals surface area (Å²) in [5.74, 6) is 0.168. The average Bonchev–Trinajstić information content (AvgIpc) is 2.44. The van der Waals surface area contributed by atoms with E-state index in [4.69, 9.17) is 10.5 Å². The quantitative estimate of drug-likeness (QED) is 0.785. The molecule has 0 heterocycles. The van der Waals surface area contributed by atoms with Crippen molar-refractivity contribution in [3.8, 4) is 0 Å². The molecule has 4 heteroatoms. The number of benzene rings is 1. The highest BCUT2D eigenvalue weighted by molar-refractivity contribution is 5.77. The normalized spacial score (nSPS) is 16.3. The Kier molecular flexibility index (Phi) is 5.23. The van der Waals surface area contributed by atoms with E-state index in [1.165, 1.54) is 0 Å². The maximum atomic E-state index is 12.6. The predicted octanol–water partition coefficient (Wildman–Crippen LogP) is 2.97. The van der Waals surface area contributed by atoms with E-state index < -0.39 is 0 Å². The van der Waals surface area contributed by atoms with Gasteiger partial charge in [-0.15, -0.1) is 0 Å². The Labute approximate surface area is 127 Å². The highest BCUT2D eigenvalue weighted by Crippen LogP contribution is 2.38. The lowest BCUT2D eigenvalue weighted by molar-refractivity contribution is -0.144. The van der Waals surface area contributed by atoms with Gasteiger partial charge in [-0.3, -0.25) is 4.79 Å². The van der Waals surface area contributed by atoms with Crippen molar-refractivity contribution < 1.29 is 9.53 Å². The number of amides is 1. The fraction of sp³-hybridized carbons (Fsp3) is 0.588. The number of hydrogen-bond acceptors (Lipinski definition) is 3. The highest BCUT2D eigenvalue weighted by atomic mass is 16.5. The van der Waals surface area contributed by atoms with E-state index in [1.54, 1.807) is 7.11 Å². The minimum atomic E-state index is -0.217. The number of hydrogen-bond donors (Lipinski definition) is 1. The van der Waals surface area contributed by atoms with Crippen molar-refractivity contribution in [2.24, 2.45) is 0 Å². The van der Waals surface area contributed by atoms with E-state index >= 15 is 0 Å². The van der Waals surface area contributed by atoms with Crippen LogP contribution in [-0.4, -0.2) is 30.1 Å². The van der Waals surface area contributed by atoms with Gasteiger partial charge in [0, 0.05) is 25.9 Å². The molecule has 2 rings (SSSR count). The molecule has 116 valence electrons. The Morgan fingerprint density at radius 3 is 2.62 bits per heavy atom. The number of rotatable bonds is 7. The minimum Gasteiger partial charge on any atom is -0.398 e. The lowest BCUT2D eigenvalue weighted by Crippen LogP contribution is -2.45. The topological polar surface area (TPSA) is 55.6 Å². The highest BCUT2D eigenvalue weighted by Gasteiger charge is 2.40. The number of nitrogen functional groups attached to an aromatic ring is 1. The largest absolute Gasteiger partial charge is 0.398 e. The summed E-state index contributed by atoms with van der Waals surface area (Å²) in [6.07, 6.45) is 4.56. The molecule has 21 heavy (non-hydrogen) atoms. The van der Waals surface area contributed by atoms with Crippen LogP contribution in [-0.2, 0) is 16.1 Å². The zero-order chi connectivity index (χ0) is 15.3. The zero-order valence-electron chi connectivity index (χ0n) is 13.1. The molecule has 1 aromatic carbocycles. The molecule has 0 spiro atoms. The van der Waals surface area contributed by atoms with E-state index in [-0.39, 0.29) is 11.5 Å².